The van der Waals surface area contributed by atoms with Gasteiger partial charge in [0.15, 0.2) is 0 Å². The fourth-order valence-corrected chi connectivity index (χ4v) is 46.6. The van der Waals surface area contributed by atoms with Crippen LogP contribution in [0.15, 0.2) is 118 Å². The van der Waals surface area contributed by atoms with E-state index in [1.807, 2.05) is 24.7 Å². The van der Waals surface area contributed by atoms with Gasteiger partial charge in [-0.05, 0) is 0 Å². The van der Waals surface area contributed by atoms with Crippen LogP contribution in [0.3, 0.4) is 0 Å². The van der Waals surface area contributed by atoms with Crippen molar-refractivity contribution in [2.24, 2.45) is 0 Å². The molecule has 6 aromatic carbocycles. The summed E-state index contributed by atoms with van der Waals surface area (Å²) in [5.41, 5.74) is 10.9. The summed E-state index contributed by atoms with van der Waals surface area (Å²) in [7, 11) is 14.7. The van der Waals surface area contributed by atoms with Crippen LogP contribution < -0.4 is 10.4 Å². The SMILES string of the molecule is Cc1ccc2c(c1-c1cc(Cl)c([Si](C)(C)C)c(Cl)c1)C=C(c1occ3ccccc13)[CH]2[Zr]([Cl])([Cl])([CH]1C(c2occ3ccccc23)=Cc2c1ccc(C)c2-c1cc(Cl)c([Si](C)(C)C)c(Cl)c1)=[Si](C)C. The van der Waals surface area contributed by atoms with E-state index >= 15 is 0 Å². The van der Waals surface area contributed by atoms with Crippen LogP contribution in [0.1, 0.15) is 52.2 Å². The number of halogens is 6. The van der Waals surface area contributed by atoms with Crippen LogP contribution >= 0.6 is 63.4 Å². The molecule has 346 valence electrons. The molecule has 2 nitrogen and oxygen atoms in total. The van der Waals surface area contributed by atoms with Crippen LogP contribution in [0.5, 0.6) is 0 Å². The van der Waals surface area contributed by atoms with Gasteiger partial charge in [-0.1, -0.05) is 0 Å². The zero-order valence-corrected chi connectivity index (χ0v) is 49.8. The van der Waals surface area contributed by atoms with Gasteiger partial charge in [0, 0.05) is 0 Å². The molecule has 2 atom stereocenters. The summed E-state index contributed by atoms with van der Waals surface area (Å²) in [5, 5.41) is 8.94. The molecule has 0 spiro atoms. The third kappa shape index (κ3) is 7.60. The predicted molar refractivity (Wildman–Crippen MR) is 302 cm³/mol. The molecular formula is C56H52Cl6O2Si3Zr. The number of furan rings is 2. The molecule has 0 bridgehead atoms. The summed E-state index contributed by atoms with van der Waals surface area (Å²) in [6, 6.07) is 34.0. The number of aryl methyl sites for hydroxylation is 2. The van der Waals surface area contributed by atoms with Crippen molar-refractivity contribution in [3.8, 4) is 22.3 Å². The van der Waals surface area contributed by atoms with E-state index in [2.05, 4.69) is 163 Å². The maximum atomic E-state index is 9.22. The Balaban J connectivity index is 1.30. The van der Waals surface area contributed by atoms with Gasteiger partial charge in [-0.15, -0.1) is 0 Å². The predicted octanol–water partition coefficient (Wildman–Crippen LogP) is 19.0. The molecule has 0 amide bonds. The summed E-state index contributed by atoms with van der Waals surface area (Å²) in [5.74, 6) is 1.56. The van der Waals surface area contributed by atoms with E-state index in [9.17, 15) is 17.0 Å². The Hall–Kier alpha value is -2.85. The van der Waals surface area contributed by atoms with Crippen molar-refractivity contribution in [1.82, 2.24) is 0 Å². The van der Waals surface area contributed by atoms with Gasteiger partial charge in [0.05, 0.1) is 0 Å². The standard InChI is InChI=1S/2C27H23Cl2OSi.C2H6Si.2ClH.Zr/c2*1-16-9-10-17-11-20(26-21-8-6-5-7-18(21)15-30-26)12-22(17)25(16)19-13-23(28)27(24(29)14-19)31(2,3)4;1-3-2;;;/h2*5-15H,1-4H3;1-2H3;2*1H;/q;;;;;+2/p-2. The Kier molecular flexibility index (Phi) is 12.3. The minimum absolute atomic E-state index is 0.398. The first kappa shape index (κ1) is 48.8. The molecule has 12 heteroatoms. The number of hydrogen-bond donors (Lipinski definition) is 0. The molecule has 2 aliphatic rings. The number of rotatable bonds is 8. The Morgan fingerprint density at radius 2 is 0.868 bits per heavy atom. The topological polar surface area (TPSA) is 26.3 Å². The van der Waals surface area contributed by atoms with Crippen molar-refractivity contribution in [2.75, 3.05) is 0 Å². The second-order valence-corrected chi connectivity index (χ2v) is 71.6. The molecule has 0 saturated carbocycles. The Morgan fingerprint density at radius 3 is 1.21 bits per heavy atom. The number of benzene rings is 6. The minimum atomic E-state index is -5.73. The normalized spacial score (nSPS) is 16.4. The van der Waals surface area contributed by atoms with Crippen molar-refractivity contribution >= 4 is 140 Å². The van der Waals surface area contributed by atoms with E-state index < -0.39 is 43.8 Å². The molecule has 0 radical (unpaired) electrons. The van der Waals surface area contributed by atoms with Gasteiger partial charge in [0.2, 0.25) is 0 Å². The van der Waals surface area contributed by atoms with Crippen LogP contribution in [0, 0.1) is 13.8 Å². The van der Waals surface area contributed by atoms with Gasteiger partial charge in [0.25, 0.3) is 0 Å². The molecule has 8 aromatic rings. The van der Waals surface area contributed by atoms with Crippen molar-refractivity contribution in [3.63, 3.8) is 0 Å². The van der Waals surface area contributed by atoms with E-state index in [-0.39, 0.29) is 0 Å². The zero-order chi connectivity index (χ0) is 48.6. The van der Waals surface area contributed by atoms with Crippen molar-refractivity contribution in [3.05, 3.63) is 175 Å². The van der Waals surface area contributed by atoms with Crippen LogP contribution in [-0.2, 0) is 15.0 Å². The molecule has 2 heterocycles. The van der Waals surface area contributed by atoms with Crippen molar-refractivity contribution < 1.29 is 23.8 Å². The maximum absolute atomic E-state index is 9.22. The second kappa shape index (κ2) is 17.1. The third-order valence-corrected chi connectivity index (χ3v) is 66.7. The Labute approximate surface area is 430 Å². The summed E-state index contributed by atoms with van der Waals surface area (Å²) >= 11 is 23.2. The molecule has 0 aliphatic heterocycles. The number of hydrogen-bond acceptors (Lipinski definition) is 2. The van der Waals surface area contributed by atoms with Gasteiger partial charge < -0.3 is 0 Å². The first-order valence-electron chi connectivity index (χ1n) is 23.0. The molecule has 2 aliphatic carbocycles. The van der Waals surface area contributed by atoms with Crippen LogP contribution in [-0.4, -0.2) is 21.6 Å². The van der Waals surface area contributed by atoms with Gasteiger partial charge in [-0.3, -0.25) is 0 Å². The first-order chi connectivity index (χ1) is 32.0. The van der Waals surface area contributed by atoms with Crippen LogP contribution in [0.2, 0.25) is 72.5 Å². The van der Waals surface area contributed by atoms with Crippen molar-refractivity contribution in [1.29, 1.82) is 0 Å². The summed E-state index contributed by atoms with van der Waals surface area (Å²) < 4.78 is 12.7. The third-order valence-electron chi connectivity index (χ3n) is 14.5. The van der Waals surface area contributed by atoms with E-state index in [4.69, 9.17) is 55.2 Å². The molecule has 2 aromatic heterocycles. The van der Waals surface area contributed by atoms with Gasteiger partial charge in [0.1, 0.15) is 0 Å². The monoisotopic (exact) mass is 1140 g/mol. The van der Waals surface area contributed by atoms with Gasteiger partial charge >= 0.3 is 434 Å². The summed E-state index contributed by atoms with van der Waals surface area (Å²) in [6.45, 7) is 22.6. The van der Waals surface area contributed by atoms with Crippen LogP contribution in [0.4, 0.5) is 0 Å². The molecule has 0 saturated heterocycles. The van der Waals surface area contributed by atoms with Gasteiger partial charge in [-0.2, -0.15) is 0 Å². The molecule has 10 rings (SSSR count). The van der Waals surface area contributed by atoms with Crippen LogP contribution in [0.25, 0.3) is 67.1 Å². The van der Waals surface area contributed by atoms with E-state index in [0.717, 1.165) is 110 Å². The molecule has 0 fully saturated rings. The van der Waals surface area contributed by atoms with E-state index in [0.29, 0.717) is 20.1 Å². The number of allylic oxidation sites excluding steroid dienone is 2. The zero-order valence-electron chi connectivity index (χ0n) is 39.8. The Bertz CT molecular complexity index is 3340. The second-order valence-electron chi connectivity index (χ2n) is 21.2. The average molecular weight is 1150 g/mol. The molecular weight excluding hydrogens is 1090 g/mol. The van der Waals surface area contributed by atoms with E-state index in [1.165, 1.54) is 0 Å². The molecule has 68 heavy (non-hydrogen) atoms. The summed E-state index contributed by atoms with van der Waals surface area (Å²) in [6.07, 6.45) is 8.34. The fourth-order valence-electron chi connectivity index (χ4n) is 11.5. The first-order valence-corrected chi connectivity index (χ1v) is 46.9. The van der Waals surface area contributed by atoms with E-state index in [1.54, 1.807) is 0 Å². The quantitative estimate of drug-likeness (QED) is 0.142. The molecule has 2 unspecified atom stereocenters. The van der Waals surface area contributed by atoms with Gasteiger partial charge in [-0.25, -0.2) is 0 Å². The fraction of sp³-hybridized carbons (Fsp3) is 0.214. The summed E-state index contributed by atoms with van der Waals surface area (Å²) in [4.78, 5) is 0. The Morgan fingerprint density at radius 1 is 0.515 bits per heavy atom. The average Bonchev–Trinajstić information content (AvgIpc) is 4.05. The number of fused-ring (bicyclic) bond motifs is 4. The molecule has 0 N–H and O–H groups in total. The van der Waals surface area contributed by atoms with Crippen molar-refractivity contribution in [2.45, 2.75) is 73.5 Å².